The summed E-state index contributed by atoms with van der Waals surface area (Å²) in [6, 6.07) is 9.42. The second kappa shape index (κ2) is 7.25. The van der Waals surface area contributed by atoms with Gasteiger partial charge in [0.2, 0.25) is 5.91 Å². The number of carbonyl (C=O) groups is 1. The molecule has 4 rings (SSSR count). The summed E-state index contributed by atoms with van der Waals surface area (Å²) in [7, 11) is 1.63. The molecule has 0 bridgehead atoms. The van der Waals surface area contributed by atoms with E-state index in [9.17, 15) is 9.90 Å². The van der Waals surface area contributed by atoms with Crippen LogP contribution in [-0.4, -0.2) is 55.9 Å². The van der Waals surface area contributed by atoms with Crippen molar-refractivity contribution >= 4 is 5.91 Å². The van der Waals surface area contributed by atoms with Gasteiger partial charge in [0, 0.05) is 30.5 Å². The number of carbonyl (C=O) groups excluding carboxylic acids is 1. The Labute approximate surface area is 157 Å². The number of hydrogen-bond donors (Lipinski definition) is 2. The van der Waals surface area contributed by atoms with Gasteiger partial charge >= 0.3 is 0 Å². The molecule has 1 amide bonds. The maximum Gasteiger partial charge on any atom is 0.234 e. The van der Waals surface area contributed by atoms with E-state index in [0.29, 0.717) is 26.2 Å². The van der Waals surface area contributed by atoms with Crippen molar-refractivity contribution in [2.24, 2.45) is 5.41 Å². The first-order valence-corrected chi connectivity index (χ1v) is 9.06. The third-order valence-corrected chi connectivity index (χ3v) is 5.55. The molecule has 0 unspecified atom stereocenters. The lowest BCUT2D eigenvalue weighted by Gasteiger charge is -2.38. The summed E-state index contributed by atoms with van der Waals surface area (Å²) < 4.78 is 16.5. The highest BCUT2D eigenvalue weighted by molar-refractivity contribution is 5.78. The molecule has 27 heavy (non-hydrogen) atoms. The largest absolute Gasteiger partial charge is 0.497 e. The number of rotatable bonds is 6. The molecule has 2 atom stereocenters. The first kappa shape index (κ1) is 17.9. The van der Waals surface area contributed by atoms with Gasteiger partial charge in [0.1, 0.15) is 17.3 Å². The second-order valence-corrected chi connectivity index (χ2v) is 7.29. The van der Waals surface area contributed by atoms with Gasteiger partial charge in [-0.15, -0.1) is 0 Å². The topological polar surface area (TPSA) is 84.2 Å². The van der Waals surface area contributed by atoms with Gasteiger partial charge in [-0.25, -0.2) is 0 Å². The fourth-order valence-electron chi connectivity index (χ4n) is 4.11. The van der Waals surface area contributed by atoms with Crippen molar-refractivity contribution in [2.45, 2.75) is 12.5 Å². The molecule has 1 fully saturated rings. The number of methoxy groups -OCH3 is 1. The van der Waals surface area contributed by atoms with E-state index < -0.39 is 0 Å². The summed E-state index contributed by atoms with van der Waals surface area (Å²) in [5.74, 6) is 2.33. The van der Waals surface area contributed by atoms with Crippen molar-refractivity contribution in [3.05, 3.63) is 47.9 Å². The number of furan rings is 1. The SMILES string of the molecule is COc1ccc2c(c1)OC[C@]1(CO)CN(CC(=O)NCc3ccco3)C[C@H]21. The van der Waals surface area contributed by atoms with E-state index in [4.69, 9.17) is 13.9 Å². The van der Waals surface area contributed by atoms with Crippen molar-refractivity contribution in [2.75, 3.05) is 40.0 Å². The Bertz CT molecular complexity index is 807. The molecule has 2 aliphatic heterocycles. The zero-order valence-electron chi connectivity index (χ0n) is 15.3. The van der Waals surface area contributed by atoms with Crippen LogP contribution in [0.4, 0.5) is 0 Å². The van der Waals surface area contributed by atoms with E-state index in [-0.39, 0.29) is 30.4 Å². The van der Waals surface area contributed by atoms with Gasteiger partial charge in [-0.1, -0.05) is 6.07 Å². The number of likely N-dealkylation sites (tertiary alicyclic amines) is 1. The molecule has 2 aromatic rings. The third-order valence-electron chi connectivity index (χ3n) is 5.55. The summed E-state index contributed by atoms with van der Waals surface area (Å²) in [5.41, 5.74) is 0.678. The van der Waals surface area contributed by atoms with E-state index in [0.717, 1.165) is 22.8 Å². The zero-order chi connectivity index (χ0) is 18.9. The lowest BCUT2D eigenvalue weighted by Crippen LogP contribution is -2.43. The number of nitrogens with zero attached hydrogens (tertiary/aromatic N) is 1. The van der Waals surface area contributed by atoms with Crippen molar-refractivity contribution in [3.63, 3.8) is 0 Å². The van der Waals surface area contributed by atoms with Crippen LogP contribution in [0, 0.1) is 5.41 Å². The second-order valence-electron chi connectivity index (χ2n) is 7.29. The molecule has 7 nitrogen and oxygen atoms in total. The first-order valence-electron chi connectivity index (χ1n) is 9.06. The zero-order valence-corrected chi connectivity index (χ0v) is 15.3. The molecule has 3 heterocycles. The molecule has 2 aliphatic rings. The smallest absolute Gasteiger partial charge is 0.234 e. The minimum absolute atomic E-state index is 0.0215. The Morgan fingerprint density at radius 1 is 1.44 bits per heavy atom. The minimum Gasteiger partial charge on any atom is -0.497 e. The summed E-state index contributed by atoms with van der Waals surface area (Å²) in [6.07, 6.45) is 1.59. The summed E-state index contributed by atoms with van der Waals surface area (Å²) in [4.78, 5) is 14.4. The quantitative estimate of drug-likeness (QED) is 0.797. The molecular weight excluding hydrogens is 348 g/mol. The van der Waals surface area contributed by atoms with Gasteiger partial charge in [0.15, 0.2) is 0 Å². The Balaban J connectivity index is 1.45. The van der Waals surface area contributed by atoms with Gasteiger partial charge in [-0.2, -0.15) is 0 Å². The highest BCUT2D eigenvalue weighted by Gasteiger charge is 2.51. The first-order chi connectivity index (χ1) is 13.1. The van der Waals surface area contributed by atoms with Gasteiger partial charge in [0.05, 0.1) is 39.7 Å². The minimum atomic E-state index is -0.386. The van der Waals surface area contributed by atoms with Crippen LogP contribution < -0.4 is 14.8 Å². The molecule has 2 N–H and O–H groups in total. The fourth-order valence-corrected chi connectivity index (χ4v) is 4.11. The van der Waals surface area contributed by atoms with Crippen molar-refractivity contribution in [1.29, 1.82) is 0 Å². The average Bonchev–Trinajstić information content (AvgIpc) is 3.33. The highest BCUT2D eigenvalue weighted by Crippen LogP contribution is 2.49. The van der Waals surface area contributed by atoms with Gasteiger partial charge < -0.3 is 24.3 Å². The number of amides is 1. The summed E-state index contributed by atoms with van der Waals surface area (Å²) in [5, 5.41) is 13.0. The molecule has 0 spiro atoms. The molecule has 1 aromatic carbocycles. The number of aliphatic hydroxyl groups is 1. The monoisotopic (exact) mass is 372 g/mol. The standard InChI is InChI=1S/C20H24N2O5/c1-25-14-4-5-16-17-9-22(10-19(24)21-8-15-3-2-6-26-15)11-20(17,12-23)13-27-18(16)7-14/h2-7,17,23H,8-13H2,1H3,(H,21,24)/t17-,20-/m1/s1. The number of nitrogens with one attached hydrogen (secondary N) is 1. The molecule has 144 valence electrons. The van der Waals surface area contributed by atoms with Crippen LogP contribution in [0.3, 0.4) is 0 Å². The Morgan fingerprint density at radius 3 is 3.07 bits per heavy atom. The van der Waals surface area contributed by atoms with E-state index in [1.165, 1.54) is 0 Å². The van der Waals surface area contributed by atoms with Crippen LogP contribution in [0.15, 0.2) is 41.0 Å². The Morgan fingerprint density at radius 2 is 2.33 bits per heavy atom. The fraction of sp³-hybridized carbons (Fsp3) is 0.450. The average molecular weight is 372 g/mol. The molecular formula is C20H24N2O5. The van der Waals surface area contributed by atoms with Gasteiger partial charge in [-0.3, -0.25) is 9.69 Å². The molecule has 1 saturated heterocycles. The number of benzene rings is 1. The number of aliphatic hydroxyl groups excluding tert-OH is 1. The molecule has 1 aromatic heterocycles. The predicted molar refractivity (Wildman–Crippen MR) is 97.7 cm³/mol. The van der Waals surface area contributed by atoms with Crippen LogP contribution in [0.5, 0.6) is 11.5 Å². The number of hydrogen-bond acceptors (Lipinski definition) is 6. The van der Waals surface area contributed by atoms with Crippen LogP contribution >= 0.6 is 0 Å². The number of fused-ring (bicyclic) bond motifs is 3. The normalized spacial score (nSPS) is 24.0. The number of ether oxygens (including phenoxy) is 2. The van der Waals surface area contributed by atoms with E-state index >= 15 is 0 Å². The maximum absolute atomic E-state index is 12.3. The van der Waals surface area contributed by atoms with E-state index in [1.54, 1.807) is 19.4 Å². The third kappa shape index (κ3) is 3.40. The lowest BCUT2D eigenvalue weighted by atomic mass is 9.74. The summed E-state index contributed by atoms with van der Waals surface area (Å²) in [6.45, 7) is 2.43. The van der Waals surface area contributed by atoms with E-state index in [1.807, 2.05) is 24.3 Å². The highest BCUT2D eigenvalue weighted by atomic mass is 16.5. The predicted octanol–water partition coefficient (Wildman–Crippen LogP) is 1.37. The molecule has 0 saturated carbocycles. The van der Waals surface area contributed by atoms with Crippen LogP contribution in [0.2, 0.25) is 0 Å². The van der Waals surface area contributed by atoms with Gasteiger partial charge in [0.25, 0.3) is 0 Å². The lowest BCUT2D eigenvalue weighted by molar-refractivity contribution is -0.122. The Hall–Kier alpha value is -2.51. The van der Waals surface area contributed by atoms with Crippen molar-refractivity contribution in [3.8, 4) is 11.5 Å². The van der Waals surface area contributed by atoms with Crippen LogP contribution in [-0.2, 0) is 11.3 Å². The molecule has 0 aliphatic carbocycles. The molecule has 7 heteroatoms. The van der Waals surface area contributed by atoms with Crippen LogP contribution in [0.1, 0.15) is 17.2 Å². The summed E-state index contributed by atoms with van der Waals surface area (Å²) >= 11 is 0. The van der Waals surface area contributed by atoms with Crippen LogP contribution in [0.25, 0.3) is 0 Å². The van der Waals surface area contributed by atoms with Gasteiger partial charge in [-0.05, 0) is 23.8 Å². The van der Waals surface area contributed by atoms with Crippen molar-refractivity contribution < 1.29 is 23.8 Å². The van der Waals surface area contributed by atoms with E-state index in [2.05, 4.69) is 10.2 Å². The Kier molecular flexibility index (Phi) is 4.80. The molecule has 0 radical (unpaired) electrons. The maximum atomic E-state index is 12.3. The van der Waals surface area contributed by atoms with Crippen molar-refractivity contribution in [1.82, 2.24) is 10.2 Å².